The van der Waals surface area contributed by atoms with E-state index >= 15 is 0 Å². The number of carbonyl (C=O) groups excluding carboxylic acids is 1. The molecular weight excluding hydrogens is 394 g/mol. The van der Waals surface area contributed by atoms with Gasteiger partial charge in [0, 0.05) is 30.6 Å². The van der Waals surface area contributed by atoms with Gasteiger partial charge in [0.05, 0.1) is 5.92 Å². The van der Waals surface area contributed by atoms with Crippen molar-refractivity contribution in [2.45, 2.75) is 50.3 Å². The molecule has 0 aliphatic carbocycles. The fourth-order valence-electron chi connectivity index (χ4n) is 3.15. The molecule has 0 spiro atoms. The second-order valence-corrected chi connectivity index (χ2v) is 10.6. The molecule has 1 fully saturated rings. The van der Waals surface area contributed by atoms with Gasteiger partial charge in [-0.1, -0.05) is 13.8 Å². The summed E-state index contributed by atoms with van der Waals surface area (Å²) in [6.45, 7) is 7.17. The molecule has 9 heteroatoms. The first-order valence-corrected chi connectivity index (χ1v) is 11.1. The van der Waals surface area contributed by atoms with Crippen LogP contribution in [-0.2, 0) is 14.8 Å². The minimum Gasteiger partial charge on any atom is -0.352 e. The molecule has 0 bridgehead atoms. The highest BCUT2D eigenvalue weighted by Crippen LogP contribution is 2.28. The Hall–Kier alpha value is -0.670. The molecule has 0 aromatic carbocycles. The zero-order valence-electron chi connectivity index (χ0n) is 15.6. The van der Waals surface area contributed by atoms with E-state index in [1.54, 1.807) is 6.07 Å². The van der Waals surface area contributed by atoms with Crippen molar-refractivity contribution in [1.82, 2.24) is 9.62 Å². The maximum Gasteiger partial charge on any atom is 0.252 e. The van der Waals surface area contributed by atoms with Gasteiger partial charge in [-0.15, -0.1) is 23.7 Å². The van der Waals surface area contributed by atoms with Crippen LogP contribution in [0.4, 0.5) is 0 Å². The van der Waals surface area contributed by atoms with Gasteiger partial charge in [0.25, 0.3) is 10.0 Å². The zero-order valence-corrected chi connectivity index (χ0v) is 18.1. The number of hydrogen-bond donors (Lipinski definition) is 2. The first-order valence-electron chi connectivity index (χ1n) is 8.81. The van der Waals surface area contributed by atoms with E-state index in [0.717, 1.165) is 11.3 Å². The summed E-state index contributed by atoms with van der Waals surface area (Å²) in [6, 6.07) is 3.40. The van der Waals surface area contributed by atoms with E-state index in [9.17, 15) is 13.2 Å². The summed E-state index contributed by atoms with van der Waals surface area (Å²) in [5.74, 6) is 0.0447. The number of aryl methyl sites for hydroxylation is 1. The van der Waals surface area contributed by atoms with Crippen molar-refractivity contribution in [1.29, 1.82) is 0 Å². The summed E-state index contributed by atoms with van der Waals surface area (Å²) in [5.41, 5.74) is 5.75. The molecule has 2 heterocycles. The number of carbonyl (C=O) groups is 1. The molecule has 1 aromatic rings. The van der Waals surface area contributed by atoms with Crippen LogP contribution >= 0.6 is 23.7 Å². The van der Waals surface area contributed by atoms with E-state index in [1.165, 1.54) is 15.6 Å². The van der Waals surface area contributed by atoms with E-state index in [4.69, 9.17) is 5.73 Å². The fourth-order valence-corrected chi connectivity index (χ4v) is 6.12. The number of thiophene rings is 1. The second-order valence-electron chi connectivity index (χ2n) is 7.14. The normalized spacial score (nSPS) is 19.8. The predicted molar refractivity (Wildman–Crippen MR) is 108 cm³/mol. The topological polar surface area (TPSA) is 92.5 Å². The highest BCUT2D eigenvalue weighted by molar-refractivity contribution is 7.91. The highest BCUT2D eigenvalue weighted by atomic mass is 35.5. The summed E-state index contributed by atoms with van der Waals surface area (Å²) in [5, 5.41) is 3.00. The summed E-state index contributed by atoms with van der Waals surface area (Å²) in [4.78, 5) is 13.5. The summed E-state index contributed by atoms with van der Waals surface area (Å²) in [7, 11) is -3.51. The van der Waals surface area contributed by atoms with Crippen molar-refractivity contribution < 1.29 is 13.2 Å². The molecule has 1 aliphatic rings. The van der Waals surface area contributed by atoms with Crippen molar-refractivity contribution in [3.8, 4) is 0 Å². The number of piperidine rings is 1. The average Bonchev–Trinajstić information content (AvgIpc) is 3.01. The maximum absolute atomic E-state index is 12.8. The Labute approximate surface area is 167 Å². The van der Waals surface area contributed by atoms with Crippen LogP contribution in [0.2, 0.25) is 0 Å². The quantitative estimate of drug-likeness (QED) is 0.704. The standard InChI is InChI=1S/C17H29N3O3S2.ClH/c1-12(2)9-15(10-18)19-17(21)14-5-4-8-20(11-14)25(22,23)16-7-6-13(3)24-16;/h6-7,12,14-15H,4-5,8-11,18H2,1-3H3,(H,19,21);1H. The monoisotopic (exact) mass is 423 g/mol. The number of hydrogen-bond acceptors (Lipinski definition) is 5. The number of halogens is 1. The number of nitrogens with two attached hydrogens (primary N) is 1. The van der Waals surface area contributed by atoms with Gasteiger partial charge in [0.15, 0.2) is 0 Å². The lowest BCUT2D eigenvalue weighted by atomic mass is 9.97. The van der Waals surface area contributed by atoms with Gasteiger partial charge in [-0.25, -0.2) is 8.42 Å². The van der Waals surface area contributed by atoms with Gasteiger partial charge in [0.1, 0.15) is 4.21 Å². The predicted octanol–water partition coefficient (Wildman–Crippen LogP) is 2.37. The van der Waals surface area contributed by atoms with Gasteiger partial charge in [-0.05, 0) is 44.2 Å². The van der Waals surface area contributed by atoms with Crippen molar-refractivity contribution in [2.75, 3.05) is 19.6 Å². The lowest BCUT2D eigenvalue weighted by Gasteiger charge is -2.32. The van der Waals surface area contributed by atoms with Gasteiger partial charge in [-0.3, -0.25) is 4.79 Å². The average molecular weight is 424 g/mol. The summed E-state index contributed by atoms with van der Waals surface area (Å²) >= 11 is 1.27. The van der Waals surface area contributed by atoms with Crippen LogP contribution < -0.4 is 11.1 Å². The summed E-state index contributed by atoms with van der Waals surface area (Å²) in [6.07, 6.45) is 2.23. The van der Waals surface area contributed by atoms with Gasteiger partial charge >= 0.3 is 0 Å². The SMILES string of the molecule is Cc1ccc(S(=O)(=O)N2CCCC(C(=O)NC(CN)CC(C)C)C2)s1.Cl. The number of sulfonamides is 1. The molecule has 26 heavy (non-hydrogen) atoms. The van der Waals surface area contributed by atoms with Crippen molar-refractivity contribution in [3.05, 3.63) is 17.0 Å². The molecule has 0 saturated carbocycles. The van der Waals surface area contributed by atoms with Crippen LogP contribution in [0.15, 0.2) is 16.3 Å². The number of amides is 1. The van der Waals surface area contributed by atoms with E-state index in [1.807, 2.05) is 13.0 Å². The molecule has 0 radical (unpaired) electrons. The first-order chi connectivity index (χ1) is 11.7. The van der Waals surface area contributed by atoms with E-state index in [2.05, 4.69) is 19.2 Å². The van der Waals surface area contributed by atoms with Gasteiger partial charge in [0.2, 0.25) is 5.91 Å². The first kappa shape index (κ1) is 23.4. The molecule has 2 rings (SSSR count). The highest BCUT2D eigenvalue weighted by Gasteiger charge is 2.34. The van der Waals surface area contributed by atoms with Crippen LogP contribution in [0, 0.1) is 18.8 Å². The Morgan fingerprint density at radius 3 is 2.65 bits per heavy atom. The Morgan fingerprint density at radius 2 is 2.12 bits per heavy atom. The van der Waals surface area contributed by atoms with Crippen molar-refractivity contribution in [3.63, 3.8) is 0 Å². The van der Waals surface area contributed by atoms with Crippen LogP contribution in [0.25, 0.3) is 0 Å². The summed E-state index contributed by atoms with van der Waals surface area (Å²) < 4.78 is 27.4. The lowest BCUT2D eigenvalue weighted by Crippen LogP contribution is -2.49. The second kappa shape index (κ2) is 10.0. The number of nitrogens with one attached hydrogen (secondary N) is 1. The Kier molecular flexibility index (Phi) is 9.02. The number of nitrogens with zero attached hydrogens (tertiary/aromatic N) is 1. The molecule has 150 valence electrons. The van der Waals surface area contributed by atoms with E-state index < -0.39 is 10.0 Å². The minimum absolute atomic E-state index is 0. The molecule has 3 N–H and O–H groups in total. The minimum atomic E-state index is -3.51. The third-order valence-electron chi connectivity index (χ3n) is 4.45. The van der Waals surface area contributed by atoms with Crippen LogP contribution in [0.5, 0.6) is 0 Å². The molecule has 2 atom stereocenters. The van der Waals surface area contributed by atoms with Crippen molar-refractivity contribution in [2.24, 2.45) is 17.6 Å². The Morgan fingerprint density at radius 1 is 1.42 bits per heavy atom. The van der Waals surface area contributed by atoms with Crippen LogP contribution in [-0.4, -0.2) is 44.3 Å². The molecule has 1 saturated heterocycles. The molecule has 2 unspecified atom stereocenters. The molecule has 1 aromatic heterocycles. The molecule has 1 aliphatic heterocycles. The molecule has 1 amide bonds. The maximum atomic E-state index is 12.8. The number of rotatable bonds is 7. The third kappa shape index (κ3) is 5.92. The fraction of sp³-hybridized carbons (Fsp3) is 0.706. The lowest BCUT2D eigenvalue weighted by molar-refractivity contribution is -0.126. The van der Waals surface area contributed by atoms with Gasteiger partial charge in [-0.2, -0.15) is 4.31 Å². The van der Waals surface area contributed by atoms with Crippen LogP contribution in [0.3, 0.4) is 0 Å². The Balaban J connectivity index is 0.00000338. The van der Waals surface area contributed by atoms with E-state index in [-0.39, 0.29) is 36.8 Å². The van der Waals surface area contributed by atoms with Crippen LogP contribution in [0.1, 0.15) is 38.0 Å². The third-order valence-corrected chi connectivity index (χ3v) is 7.78. The zero-order chi connectivity index (χ0) is 18.6. The molecular formula is C17H30ClN3O3S2. The van der Waals surface area contributed by atoms with E-state index in [0.29, 0.717) is 36.1 Å². The molecule has 6 nitrogen and oxygen atoms in total. The smallest absolute Gasteiger partial charge is 0.252 e. The van der Waals surface area contributed by atoms with Crippen molar-refractivity contribution >= 4 is 39.7 Å². The van der Waals surface area contributed by atoms with Gasteiger partial charge < -0.3 is 11.1 Å². The Bertz CT molecular complexity index is 691. The largest absolute Gasteiger partial charge is 0.352 e.